The van der Waals surface area contributed by atoms with Gasteiger partial charge in [0.05, 0.1) is 17.3 Å². The number of piperazine rings is 1. The number of rotatable bonds is 8. The lowest BCUT2D eigenvalue weighted by atomic mass is 10.0. The predicted octanol–water partition coefficient (Wildman–Crippen LogP) is 4.45. The molecule has 1 amide bonds. The summed E-state index contributed by atoms with van der Waals surface area (Å²) in [7, 11) is 1.69. The minimum atomic E-state index is -0.0141. The average Bonchev–Trinajstić information content (AvgIpc) is 3.33. The van der Waals surface area contributed by atoms with Crippen LogP contribution in [-0.2, 0) is 6.42 Å². The van der Waals surface area contributed by atoms with Crippen LogP contribution >= 0.6 is 11.3 Å². The van der Waals surface area contributed by atoms with Crippen LogP contribution in [-0.4, -0.2) is 62.2 Å². The number of amides is 1. The highest BCUT2D eigenvalue weighted by Gasteiger charge is 2.20. The van der Waals surface area contributed by atoms with Gasteiger partial charge in [0.15, 0.2) is 5.13 Å². The van der Waals surface area contributed by atoms with Crippen LogP contribution in [0, 0.1) is 0 Å². The first-order valence-electron chi connectivity index (χ1n) is 12.0. The van der Waals surface area contributed by atoms with E-state index >= 15 is 0 Å². The fourth-order valence-electron chi connectivity index (χ4n) is 4.35. The minimum absolute atomic E-state index is 0.0141. The van der Waals surface area contributed by atoms with Crippen molar-refractivity contribution in [1.82, 2.24) is 15.2 Å². The number of benzene rings is 3. The molecule has 2 heterocycles. The molecule has 35 heavy (non-hydrogen) atoms. The van der Waals surface area contributed by atoms with Crippen LogP contribution in [0.5, 0.6) is 5.75 Å². The number of hydrogen-bond acceptors (Lipinski definition) is 6. The first kappa shape index (κ1) is 23.3. The Kier molecular flexibility index (Phi) is 7.25. The van der Waals surface area contributed by atoms with E-state index in [2.05, 4.69) is 39.4 Å². The number of aromatic nitrogens is 1. The fourth-order valence-corrected chi connectivity index (χ4v) is 5.40. The third kappa shape index (κ3) is 5.81. The van der Waals surface area contributed by atoms with Gasteiger partial charge < -0.3 is 15.0 Å². The van der Waals surface area contributed by atoms with Crippen LogP contribution in [0.3, 0.4) is 0 Å². The first-order valence-corrected chi connectivity index (χ1v) is 12.8. The molecule has 1 saturated heterocycles. The van der Waals surface area contributed by atoms with Crippen LogP contribution in [0.25, 0.3) is 10.2 Å². The van der Waals surface area contributed by atoms with Crippen LogP contribution in [0.2, 0.25) is 0 Å². The summed E-state index contributed by atoms with van der Waals surface area (Å²) in [6, 6.07) is 24.3. The van der Waals surface area contributed by atoms with Crippen molar-refractivity contribution in [2.45, 2.75) is 6.42 Å². The molecule has 5 rings (SSSR count). The topological polar surface area (TPSA) is 57.7 Å². The van der Waals surface area contributed by atoms with E-state index < -0.39 is 0 Å². The number of anilines is 1. The zero-order chi connectivity index (χ0) is 24.0. The Morgan fingerprint density at radius 1 is 0.971 bits per heavy atom. The Balaban J connectivity index is 1.06. The molecule has 0 aliphatic carbocycles. The van der Waals surface area contributed by atoms with E-state index in [0.29, 0.717) is 12.1 Å². The van der Waals surface area contributed by atoms with Crippen molar-refractivity contribution in [3.05, 3.63) is 89.5 Å². The number of carbonyl (C=O) groups excluding carboxylic acids is 1. The molecule has 3 aromatic carbocycles. The van der Waals surface area contributed by atoms with Gasteiger partial charge in [-0.05, 0) is 47.9 Å². The molecule has 0 saturated carbocycles. The normalized spacial score (nSPS) is 14.3. The van der Waals surface area contributed by atoms with E-state index in [9.17, 15) is 4.79 Å². The number of ether oxygens (including phenoxy) is 1. The summed E-state index contributed by atoms with van der Waals surface area (Å²) >= 11 is 1.71. The van der Waals surface area contributed by atoms with Gasteiger partial charge in [-0.1, -0.05) is 53.8 Å². The highest BCUT2D eigenvalue weighted by Crippen LogP contribution is 2.31. The van der Waals surface area contributed by atoms with Gasteiger partial charge in [0, 0.05) is 44.8 Å². The number of nitrogens with zero attached hydrogens (tertiary/aromatic N) is 3. The number of nitrogens with one attached hydrogen (secondary N) is 1. The minimum Gasteiger partial charge on any atom is -0.497 e. The molecule has 0 radical (unpaired) electrons. The lowest BCUT2D eigenvalue weighted by Crippen LogP contribution is -2.48. The smallest absolute Gasteiger partial charge is 0.251 e. The zero-order valence-electron chi connectivity index (χ0n) is 19.9. The average molecular weight is 487 g/mol. The molecule has 1 N–H and O–H groups in total. The molecule has 7 heteroatoms. The summed E-state index contributed by atoms with van der Waals surface area (Å²) in [4.78, 5) is 22.1. The largest absolute Gasteiger partial charge is 0.497 e. The predicted molar refractivity (Wildman–Crippen MR) is 143 cm³/mol. The molecule has 1 fully saturated rings. The maximum absolute atomic E-state index is 12.6. The number of thiazole rings is 1. The van der Waals surface area contributed by atoms with Gasteiger partial charge in [-0.2, -0.15) is 0 Å². The third-order valence-electron chi connectivity index (χ3n) is 6.41. The molecule has 1 aliphatic heterocycles. The second-order valence-corrected chi connectivity index (χ2v) is 9.78. The number of fused-ring (bicyclic) bond motifs is 1. The molecular weight excluding hydrogens is 456 g/mol. The second-order valence-electron chi connectivity index (χ2n) is 8.77. The Morgan fingerprint density at radius 2 is 1.71 bits per heavy atom. The van der Waals surface area contributed by atoms with Gasteiger partial charge in [-0.15, -0.1) is 0 Å². The van der Waals surface area contributed by atoms with Gasteiger partial charge >= 0.3 is 0 Å². The summed E-state index contributed by atoms with van der Waals surface area (Å²) in [6.07, 6.45) is 0.875. The molecular formula is C28H30N4O2S. The van der Waals surface area contributed by atoms with E-state index in [4.69, 9.17) is 9.72 Å². The maximum Gasteiger partial charge on any atom is 0.251 e. The molecule has 0 bridgehead atoms. The molecule has 4 aromatic rings. The summed E-state index contributed by atoms with van der Waals surface area (Å²) in [6.45, 7) is 5.29. The lowest BCUT2D eigenvalue weighted by Gasteiger charge is -2.34. The summed E-state index contributed by atoms with van der Waals surface area (Å²) in [5.41, 5.74) is 4.20. The molecule has 0 atom stereocenters. The fraction of sp³-hybridized carbons (Fsp3) is 0.286. The molecule has 180 valence electrons. The monoisotopic (exact) mass is 486 g/mol. The van der Waals surface area contributed by atoms with Crippen molar-refractivity contribution < 1.29 is 9.53 Å². The van der Waals surface area contributed by atoms with E-state index in [1.165, 1.54) is 11.1 Å². The van der Waals surface area contributed by atoms with Crippen LogP contribution < -0.4 is 15.0 Å². The van der Waals surface area contributed by atoms with Gasteiger partial charge in [-0.3, -0.25) is 9.69 Å². The molecule has 1 aliphatic rings. The SMILES string of the molecule is COc1ccc2nc(N3CCN(CCNC(=O)c4ccc(Cc5ccccc5)cc4)CC3)sc2c1. The van der Waals surface area contributed by atoms with E-state index in [1.54, 1.807) is 18.4 Å². The highest BCUT2D eigenvalue weighted by molar-refractivity contribution is 7.22. The Hall–Kier alpha value is -3.42. The third-order valence-corrected chi connectivity index (χ3v) is 7.49. The Bertz CT molecular complexity index is 1270. The van der Waals surface area contributed by atoms with Crippen molar-refractivity contribution in [3.8, 4) is 5.75 Å². The highest BCUT2D eigenvalue weighted by atomic mass is 32.1. The van der Waals surface area contributed by atoms with Gasteiger partial charge in [-0.25, -0.2) is 4.98 Å². The first-order chi connectivity index (χ1) is 17.2. The Morgan fingerprint density at radius 3 is 2.46 bits per heavy atom. The summed E-state index contributed by atoms with van der Waals surface area (Å²) in [5, 5.41) is 4.14. The molecule has 1 aromatic heterocycles. The van der Waals surface area contributed by atoms with Crippen molar-refractivity contribution >= 4 is 32.6 Å². The summed E-state index contributed by atoms with van der Waals surface area (Å²) in [5.74, 6) is 0.850. The van der Waals surface area contributed by atoms with Crippen molar-refractivity contribution in [2.24, 2.45) is 0 Å². The maximum atomic E-state index is 12.6. The van der Waals surface area contributed by atoms with E-state index in [-0.39, 0.29) is 5.91 Å². The summed E-state index contributed by atoms with van der Waals surface area (Å²) < 4.78 is 6.48. The van der Waals surface area contributed by atoms with Gasteiger partial charge in [0.25, 0.3) is 5.91 Å². The molecule has 0 unspecified atom stereocenters. The lowest BCUT2D eigenvalue weighted by molar-refractivity contribution is 0.0948. The van der Waals surface area contributed by atoms with Crippen LogP contribution in [0.1, 0.15) is 21.5 Å². The van der Waals surface area contributed by atoms with E-state index in [0.717, 1.165) is 60.2 Å². The zero-order valence-corrected chi connectivity index (χ0v) is 20.8. The standard InChI is InChI=1S/C28H30N4O2S/c1-34-24-11-12-25-26(20-24)35-28(30-25)32-17-15-31(16-18-32)14-13-29-27(33)23-9-7-22(8-10-23)19-21-5-3-2-4-6-21/h2-12,20H,13-19H2,1H3,(H,29,33). The van der Waals surface area contributed by atoms with Crippen molar-refractivity contribution in [3.63, 3.8) is 0 Å². The van der Waals surface area contributed by atoms with Gasteiger partial charge in [0.1, 0.15) is 5.75 Å². The molecule has 0 spiro atoms. The van der Waals surface area contributed by atoms with E-state index in [1.807, 2.05) is 48.5 Å². The van der Waals surface area contributed by atoms with Crippen molar-refractivity contribution in [1.29, 1.82) is 0 Å². The quantitative estimate of drug-likeness (QED) is 0.399. The number of hydrogen-bond donors (Lipinski definition) is 1. The second kappa shape index (κ2) is 10.9. The van der Waals surface area contributed by atoms with Crippen molar-refractivity contribution in [2.75, 3.05) is 51.3 Å². The van der Waals surface area contributed by atoms with Crippen LogP contribution in [0.4, 0.5) is 5.13 Å². The number of methoxy groups -OCH3 is 1. The number of carbonyl (C=O) groups is 1. The molecule has 6 nitrogen and oxygen atoms in total. The van der Waals surface area contributed by atoms with Gasteiger partial charge in [0.2, 0.25) is 0 Å². The van der Waals surface area contributed by atoms with Crippen LogP contribution in [0.15, 0.2) is 72.8 Å². The Labute approximate surface area is 210 Å².